The van der Waals surface area contributed by atoms with E-state index in [-0.39, 0.29) is 5.78 Å². The Hall–Kier alpha value is -0.970. The highest BCUT2D eigenvalue weighted by Gasteiger charge is 2.12. The van der Waals surface area contributed by atoms with Crippen LogP contribution in [-0.4, -0.2) is 19.4 Å². The van der Waals surface area contributed by atoms with Crippen molar-refractivity contribution in [3.8, 4) is 0 Å². The van der Waals surface area contributed by atoms with Crippen LogP contribution in [0.15, 0.2) is 40.2 Å². The van der Waals surface area contributed by atoms with Gasteiger partial charge in [0.1, 0.15) is 0 Å². The molecular formula is C15H16BrNOS. The van der Waals surface area contributed by atoms with Gasteiger partial charge in [-0.3, -0.25) is 4.79 Å². The van der Waals surface area contributed by atoms with Gasteiger partial charge in [0.25, 0.3) is 0 Å². The summed E-state index contributed by atoms with van der Waals surface area (Å²) in [5, 5.41) is 3.12. The third-order valence-corrected chi connectivity index (χ3v) is 4.55. The number of thiophene rings is 1. The maximum Gasteiger partial charge on any atom is 0.168 e. The Labute approximate surface area is 126 Å². The van der Waals surface area contributed by atoms with E-state index < -0.39 is 0 Å². The van der Waals surface area contributed by atoms with E-state index in [9.17, 15) is 4.79 Å². The summed E-state index contributed by atoms with van der Waals surface area (Å²) in [5.74, 6) is 0.195. The molecule has 0 fully saturated rings. The monoisotopic (exact) mass is 337 g/mol. The van der Waals surface area contributed by atoms with E-state index in [1.54, 1.807) is 11.3 Å². The lowest BCUT2D eigenvalue weighted by molar-refractivity contribution is 0.0993. The highest BCUT2D eigenvalue weighted by atomic mass is 79.9. The zero-order chi connectivity index (χ0) is 13.7. The molecule has 0 unspecified atom stereocenters. The lowest BCUT2D eigenvalue weighted by atomic mass is 9.99. The van der Waals surface area contributed by atoms with Crippen molar-refractivity contribution in [1.82, 2.24) is 5.32 Å². The number of rotatable bonds is 6. The highest BCUT2D eigenvalue weighted by molar-refractivity contribution is 9.11. The number of likely N-dealkylation sites (N-methyl/N-ethyl adjacent to an activating group) is 1. The maximum absolute atomic E-state index is 12.4. The van der Waals surface area contributed by atoms with Crippen LogP contribution in [0.25, 0.3) is 0 Å². The normalized spacial score (nSPS) is 10.6. The fourth-order valence-electron chi connectivity index (χ4n) is 1.97. The van der Waals surface area contributed by atoms with Gasteiger partial charge in [-0.05, 0) is 53.6 Å². The minimum atomic E-state index is 0.195. The van der Waals surface area contributed by atoms with Crippen molar-refractivity contribution >= 4 is 33.0 Å². The summed E-state index contributed by atoms with van der Waals surface area (Å²) in [6.45, 7) is 0.884. The number of hydrogen-bond acceptors (Lipinski definition) is 3. The first-order valence-electron chi connectivity index (χ1n) is 6.20. The number of halogens is 1. The van der Waals surface area contributed by atoms with Gasteiger partial charge in [-0.25, -0.2) is 0 Å². The topological polar surface area (TPSA) is 29.1 Å². The lowest BCUT2D eigenvalue weighted by Gasteiger charge is -2.07. The summed E-state index contributed by atoms with van der Waals surface area (Å²) in [4.78, 5) is 13.5. The fraction of sp³-hybridized carbons (Fsp3) is 0.267. The minimum absolute atomic E-state index is 0.195. The van der Waals surface area contributed by atoms with Crippen molar-refractivity contribution in [3.05, 3.63) is 56.2 Å². The Balaban J connectivity index is 2.14. The second-order valence-electron chi connectivity index (χ2n) is 4.32. The van der Waals surface area contributed by atoms with Crippen molar-refractivity contribution in [1.29, 1.82) is 0 Å². The number of carbonyl (C=O) groups is 1. The third-order valence-electron chi connectivity index (χ3n) is 2.93. The summed E-state index contributed by atoms with van der Waals surface area (Å²) < 4.78 is 1.07. The maximum atomic E-state index is 12.4. The molecule has 1 N–H and O–H groups in total. The molecule has 0 aliphatic heterocycles. The molecular weight excluding hydrogens is 322 g/mol. The van der Waals surface area contributed by atoms with Gasteiger partial charge in [-0.15, -0.1) is 11.3 Å². The number of ketones is 1. The number of nitrogens with one attached hydrogen (secondary N) is 1. The predicted octanol–water partition coefficient (Wildman–Crippen LogP) is 3.70. The SMILES string of the molecule is CNCCc1ccccc1C(=O)Cc1ccc(Br)s1. The Morgan fingerprint density at radius 3 is 2.74 bits per heavy atom. The zero-order valence-electron chi connectivity index (χ0n) is 10.8. The number of carbonyl (C=O) groups excluding carboxylic acids is 1. The van der Waals surface area contributed by atoms with E-state index in [4.69, 9.17) is 0 Å². The molecule has 1 aromatic carbocycles. The molecule has 0 bridgehead atoms. The second kappa shape index (κ2) is 6.98. The molecule has 0 aliphatic rings. The molecule has 0 radical (unpaired) electrons. The molecule has 2 nitrogen and oxygen atoms in total. The Bertz CT molecular complexity index is 565. The fourth-order valence-corrected chi connectivity index (χ4v) is 3.45. The molecule has 1 heterocycles. The van der Waals surface area contributed by atoms with E-state index in [1.807, 2.05) is 43.4 Å². The summed E-state index contributed by atoms with van der Waals surface area (Å²) in [5.41, 5.74) is 1.97. The quantitative estimate of drug-likeness (QED) is 0.814. The predicted molar refractivity (Wildman–Crippen MR) is 84.1 cm³/mol. The second-order valence-corrected chi connectivity index (χ2v) is 6.86. The molecule has 0 aliphatic carbocycles. The van der Waals surface area contributed by atoms with Crippen molar-refractivity contribution in [2.75, 3.05) is 13.6 Å². The van der Waals surface area contributed by atoms with Gasteiger partial charge >= 0.3 is 0 Å². The van der Waals surface area contributed by atoms with E-state index in [0.717, 1.165) is 32.8 Å². The van der Waals surface area contributed by atoms with Crippen LogP contribution < -0.4 is 5.32 Å². The largest absolute Gasteiger partial charge is 0.319 e. The van der Waals surface area contributed by atoms with Gasteiger partial charge in [0, 0.05) is 16.9 Å². The van der Waals surface area contributed by atoms with Crippen LogP contribution in [0, 0.1) is 0 Å². The van der Waals surface area contributed by atoms with E-state index in [1.165, 1.54) is 0 Å². The van der Waals surface area contributed by atoms with Crippen LogP contribution in [0.4, 0.5) is 0 Å². The summed E-state index contributed by atoms with van der Waals surface area (Å²) >= 11 is 5.04. The molecule has 2 rings (SSSR count). The highest BCUT2D eigenvalue weighted by Crippen LogP contribution is 2.24. The van der Waals surface area contributed by atoms with Gasteiger partial charge in [-0.2, -0.15) is 0 Å². The molecule has 2 aromatic rings. The third kappa shape index (κ3) is 4.00. The zero-order valence-corrected chi connectivity index (χ0v) is 13.2. The molecule has 4 heteroatoms. The van der Waals surface area contributed by atoms with E-state index >= 15 is 0 Å². The molecule has 0 amide bonds. The van der Waals surface area contributed by atoms with Crippen LogP contribution in [0.1, 0.15) is 20.8 Å². The summed E-state index contributed by atoms with van der Waals surface area (Å²) in [7, 11) is 1.92. The van der Waals surface area contributed by atoms with E-state index in [0.29, 0.717) is 6.42 Å². The Morgan fingerprint density at radius 2 is 2.05 bits per heavy atom. The first-order valence-corrected chi connectivity index (χ1v) is 7.81. The lowest BCUT2D eigenvalue weighted by Crippen LogP contribution is -2.13. The number of Topliss-reactive ketones (excluding diaryl/α,β-unsaturated/α-hetero) is 1. The van der Waals surface area contributed by atoms with E-state index in [2.05, 4.69) is 21.2 Å². The summed E-state index contributed by atoms with van der Waals surface area (Å²) in [6, 6.07) is 11.9. The van der Waals surface area contributed by atoms with Gasteiger partial charge in [0.05, 0.1) is 3.79 Å². The molecule has 0 atom stereocenters. The molecule has 19 heavy (non-hydrogen) atoms. The van der Waals surface area contributed by atoms with Crippen molar-refractivity contribution < 1.29 is 4.79 Å². The Kier molecular flexibility index (Phi) is 5.31. The molecule has 0 saturated carbocycles. The molecule has 100 valence electrons. The number of benzene rings is 1. The standard InChI is InChI=1S/C15H16BrNOS/c1-17-9-8-11-4-2-3-5-13(11)14(18)10-12-6-7-15(16)19-12/h2-7,17H,8-10H2,1H3. The van der Waals surface area contributed by atoms with Crippen LogP contribution >= 0.6 is 27.3 Å². The van der Waals surface area contributed by atoms with Crippen LogP contribution in [-0.2, 0) is 12.8 Å². The van der Waals surface area contributed by atoms with Gasteiger partial charge < -0.3 is 5.32 Å². The minimum Gasteiger partial charge on any atom is -0.319 e. The first-order chi connectivity index (χ1) is 9.20. The van der Waals surface area contributed by atoms with Gasteiger partial charge in [0.15, 0.2) is 5.78 Å². The molecule has 1 aromatic heterocycles. The number of hydrogen-bond donors (Lipinski definition) is 1. The van der Waals surface area contributed by atoms with Crippen LogP contribution in [0.3, 0.4) is 0 Å². The summed E-state index contributed by atoms with van der Waals surface area (Å²) in [6.07, 6.45) is 1.36. The van der Waals surface area contributed by atoms with Crippen LogP contribution in [0.5, 0.6) is 0 Å². The Morgan fingerprint density at radius 1 is 1.26 bits per heavy atom. The smallest absolute Gasteiger partial charge is 0.168 e. The average Bonchev–Trinajstić information content (AvgIpc) is 2.82. The molecule has 0 spiro atoms. The first kappa shape index (κ1) is 14.4. The van der Waals surface area contributed by atoms with Crippen molar-refractivity contribution in [2.24, 2.45) is 0 Å². The van der Waals surface area contributed by atoms with Crippen molar-refractivity contribution in [2.45, 2.75) is 12.8 Å². The van der Waals surface area contributed by atoms with Crippen molar-refractivity contribution in [3.63, 3.8) is 0 Å². The molecule has 0 saturated heterocycles. The van der Waals surface area contributed by atoms with Gasteiger partial charge in [0.2, 0.25) is 0 Å². The average molecular weight is 338 g/mol. The van der Waals surface area contributed by atoms with Crippen LogP contribution in [0.2, 0.25) is 0 Å². The van der Waals surface area contributed by atoms with Gasteiger partial charge in [-0.1, -0.05) is 24.3 Å².